The van der Waals surface area contributed by atoms with Crippen LogP contribution >= 0.6 is 0 Å². The fraction of sp³-hybridized carbons (Fsp3) is 0.250. The lowest BCUT2D eigenvalue weighted by atomic mass is 9.99. The van der Waals surface area contributed by atoms with Crippen LogP contribution < -0.4 is 0 Å². The van der Waals surface area contributed by atoms with E-state index in [-0.39, 0.29) is 53.6 Å². The number of likely N-dealkylation sites (tertiary alicyclic amines) is 1. The number of carbonyl (C=O) groups is 1. The molecule has 0 radical (unpaired) electrons. The van der Waals surface area contributed by atoms with Crippen molar-refractivity contribution in [2.45, 2.75) is 25.6 Å². The summed E-state index contributed by atoms with van der Waals surface area (Å²) in [5.74, 6) is -1.09. The van der Waals surface area contributed by atoms with Gasteiger partial charge in [-0.3, -0.25) is 9.78 Å². The van der Waals surface area contributed by atoms with Gasteiger partial charge in [-0.15, -0.1) is 0 Å². The molecule has 1 amide bonds. The normalized spacial score (nSPS) is 15.0. The first-order valence-corrected chi connectivity index (χ1v) is 10.4. The van der Waals surface area contributed by atoms with Gasteiger partial charge in [-0.1, -0.05) is 18.2 Å². The van der Waals surface area contributed by atoms with E-state index in [1.807, 2.05) is 0 Å². The number of alkyl halides is 1. The molecule has 2 aromatic carbocycles. The molecule has 164 valence electrons. The van der Waals surface area contributed by atoms with Crippen molar-refractivity contribution in [2.75, 3.05) is 13.1 Å². The Bertz CT molecular complexity index is 1330. The number of benzene rings is 2. The highest BCUT2D eigenvalue weighted by atomic mass is 19.1. The molecule has 2 N–H and O–H groups in total. The van der Waals surface area contributed by atoms with E-state index in [0.717, 1.165) is 5.56 Å². The molecule has 2 aromatic heterocycles. The number of nitrogens with zero attached hydrogens (tertiary/aromatic N) is 3. The minimum atomic E-state index is -0.918. The first-order chi connectivity index (χ1) is 15.4. The van der Waals surface area contributed by atoms with Crippen molar-refractivity contribution in [1.82, 2.24) is 14.5 Å². The number of aromatic hydroxyl groups is 2. The van der Waals surface area contributed by atoms with Crippen molar-refractivity contribution >= 4 is 27.6 Å². The summed E-state index contributed by atoms with van der Waals surface area (Å²) in [5, 5.41) is 22.8. The number of piperidine rings is 1. The number of aromatic nitrogens is 2. The molecule has 1 saturated heterocycles. The number of phenols is 1. The van der Waals surface area contributed by atoms with Crippen molar-refractivity contribution in [1.29, 1.82) is 0 Å². The van der Waals surface area contributed by atoms with Gasteiger partial charge in [0.05, 0.1) is 17.5 Å². The van der Waals surface area contributed by atoms with Crippen LogP contribution in [-0.2, 0) is 6.54 Å². The van der Waals surface area contributed by atoms with Crippen LogP contribution in [0.15, 0.2) is 48.8 Å². The standard InChI is InChI=1S/C24H21F2N3O3/c25-15-5-3-14(4-6-15)12-29-13-18-19(23(31)28-10-7-16(26)8-11-28)17-2-1-9-27-21(17)22(30)20(18)24(29)32/h1-6,9,13,16,30,32H,7-8,10-12H2. The van der Waals surface area contributed by atoms with Gasteiger partial charge in [0, 0.05) is 36.3 Å². The molecule has 3 heterocycles. The Morgan fingerprint density at radius 1 is 1.09 bits per heavy atom. The van der Waals surface area contributed by atoms with E-state index in [1.54, 1.807) is 35.4 Å². The number of halogens is 2. The van der Waals surface area contributed by atoms with Gasteiger partial charge in [-0.05, 0) is 36.6 Å². The second-order valence-electron chi connectivity index (χ2n) is 8.09. The summed E-state index contributed by atoms with van der Waals surface area (Å²) < 4.78 is 28.4. The zero-order valence-electron chi connectivity index (χ0n) is 17.1. The highest BCUT2D eigenvalue weighted by molar-refractivity contribution is 6.21. The van der Waals surface area contributed by atoms with E-state index < -0.39 is 6.17 Å². The summed E-state index contributed by atoms with van der Waals surface area (Å²) >= 11 is 0. The van der Waals surface area contributed by atoms with Crippen LogP contribution in [0, 0.1) is 5.82 Å². The Morgan fingerprint density at radius 2 is 1.81 bits per heavy atom. The minimum Gasteiger partial charge on any atom is -0.505 e. The summed E-state index contributed by atoms with van der Waals surface area (Å²) in [7, 11) is 0. The van der Waals surface area contributed by atoms with Crippen molar-refractivity contribution in [3.8, 4) is 11.6 Å². The van der Waals surface area contributed by atoms with Gasteiger partial charge in [0.15, 0.2) is 5.75 Å². The molecule has 0 saturated carbocycles. The summed E-state index contributed by atoms with van der Waals surface area (Å²) in [6.45, 7) is 0.809. The van der Waals surface area contributed by atoms with E-state index in [0.29, 0.717) is 29.4 Å². The third-order valence-electron chi connectivity index (χ3n) is 6.05. The zero-order chi connectivity index (χ0) is 22.4. The van der Waals surface area contributed by atoms with Crippen LogP contribution in [0.2, 0.25) is 0 Å². The highest BCUT2D eigenvalue weighted by Gasteiger charge is 2.29. The summed E-state index contributed by atoms with van der Waals surface area (Å²) in [4.78, 5) is 19.4. The van der Waals surface area contributed by atoms with Gasteiger partial charge in [0.1, 0.15) is 17.5 Å². The Kier molecular flexibility index (Phi) is 4.92. The first kappa shape index (κ1) is 20.2. The molecule has 1 fully saturated rings. The molecule has 1 aliphatic rings. The lowest BCUT2D eigenvalue weighted by Gasteiger charge is -2.29. The van der Waals surface area contributed by atoms with E-state index >= 15 is 0 Å². The van der Waals surface area contributed by atoms with Gasteiger partial charge in [-0.2, -0.15) is 0 Å². The molecule has 0 atom stereocenters. The van der Waals surface area contributed by atoms with E-state index in [1.165, 1.54) is 22.9 Å². The molecule has 32 heavy (non-hydrogen) atoms. The summed E-state index contributed by atoms with van der Waals surface area (Å²) in [5.41, 5.74) is 1.26. The maximum Gasteiger partial charge on any atom is 0.255 e. The number of hydrogen-bond donors (Lipinski definition) is 2. The fourth-order valence-corrected chi connectivity index (χ4v) is 4.37. The van der Waals surface area contributed by atoms with Gasteiger partial charge >= 0.3 is 0 Å². The topological polar surface area (TPSA) is 78.6 Å². The third-order valence-corrected chi connectivity index (χ3v) is 6.05. The molecular formula is C24H21F2N3O3. The zero-order valence-corrected chi connectivity index (χ0v) is 17.1. The number of pyridine rings is 1. The number of amides is 1. The molecular weight excluding hydrogens is 416 g/mol. The smallest absolute Gasteiger partial charge is 0.255 e. The average molecular weight is 437 g/mol. The quantitative estimate of drug-likeness (QED) is 0.499. The van der Waals surface area contributed by atoms with Crippen LogP contribution in [0.25, 0.3) is 21.7 Å². The Labute approximate surface area is 182 Å². The number of rotatable bonds is 3. The first-order valence-electron chi connectivity index (χ1n) is 10.4. The maximum atomic E-state index is 13.6. The maximum absolute atomic E-state index is 13.6. The van der Waals surface area contributed by atoms with Crippen molar-refractivity contribution in [3.63, 3.8) is 0 Å². The van der Waals surface area contributed by atoms with Crippen LogP contribution in [0.4, 0.5) is 8.78 Å². The van der Waals surface area contributed by atoms with Crippen LogP contribution in [0.3, 0.4) is 0 Å². The summed E-state index contributed by atoms with van der Waals surface area (Å²) in [6.07, 6.45) is 2.75. The van der Waals surface area contributed by atoms with E-state index in [4.69, 9.17) is 0 Å². The highest BCUT2D eigenvalue weighted by Crippen LogP contribution is 2.43. The van der Waals surface area contributed by atoms with Crippen molar-refractivity contribution in [2.24, 2.45) is 0 Å². The molecule has 0 spiro atoms. The Hall–Kier alpha value is -3.68. The largest absolute Gasteiger partial charge is 0.505 e. The predicted octanol–water partition coefficient (Wildman–Crippen LogP) is 4.36. The Morgan fingerprint density at radius 3 is 2.53 bits per heavy atom. The van der Waals surface area contributed by atoms with Gasteiger partial charge in [0.25, 0.3) is 5.91 Å². The van der Waals surface area contributed by atoms with Crippen molar-refractivity contribution in [3.05, 3.63) is 65.7 Å². The van der Waals surface area contributed by atoms with Crippen LogP contribution in [0.1, 0.15) is 28.8 Å². The molecule has 4 aromatic rings. The number of fused-ring (bicyclic) bond motifs is 2. The predicted molar refractivity (Wildman–Crippen MR) is 116 cm³/mol. The molecule has 0 aliphatic carbocycles. The molecule has 8 heteroatoms. The number of phenolic OH excluding ortho intramolecular Hbond substituents is 1. The minimum absolute atomic E-state index is 0.127. The lowest BCUT2D eigenvalue weighted by molar-refractivity contribution is 0.0671. The second kappa shape index (κ2) is 7.78. The van der Waals surface area contributed by atoms with Crippen molar-refractivity contribution < 1.29 is 23.8 Å². The lowest BCUT2D eigenvalue weighted by Crippen LogP contribution is -2.39. The molecule has 0 unspecified atom stereocenters. The van der Waals surface area contributed by atoms with Gasteiger partial charge in [-0.25, -0.2) is 8.78 Å². The van der Waals surface area contributed by atoms with E-state index in [9.17, 15) is 23.8 Å². The molecule has 6 nitrogen and oxygen atoms in total. The average Bonchev–Trinajstić information content (AvgIpc) is 3.12. The molecule has 5 rings (SSSR count). The van der Waals surface area contributed by atoms with Crippen LogP contribution in [-0.4, -0.2) is 49.8 Å². The third kappa shape index (κ3) is 3.32. The molecule has 0 bridgehead atoms. The number of hydrogen-bond acceptors (Lipinski definition) is 4. The second-order valence-corrected chi connectivity index (χ2v) is 8.09. The van der Waals surface area contributed by atoms with E-state index in [2.05, 4.69) is 4.98 Å². The monoisotopic (exact) mass is 437 g/mol. The Balaban J connectivity index is 1.69. The summed E-state index contributed by atoms with van der Waals surface area (Å²) in [6, 6.07) is 9.23. The number of carbonyl (C=O) groups excluding carboxylic acids is 1. The fourth-order valence-electron chi connectivity index (χ4n) is 4.37. The van der Waals surface area contributed by atoms with Gasteiger partial charge in [0.2, 0.25) is 5.88 Å². The van der Waals surface area contributed by atoms with Crippen LogP contribution in [0.5, 0.6) is 11.6 Å². The van der Waals surface area contributed by atoms with Gasteiger partial charge < -0.3 is 19.7 Å². The molecule has 1 aliphatic heterocycles. The SMILES string of the molecule is O=C(c1c2cccnc2c(O)c2c(O)n(Cc3ccc(F)cc3)cc12)N1CCC(F)CC1.